The quantitative estimate of drug-likeness (QED) is 0.644. The molecule has 4 heteroatoms. The first-order chi connectivity index (χ1) is 9.33. The SMILES string of the molecule is C=C1/C=c2/nccn/c2=C/CC2=C(C=C=CN=C2)O1. The van der Waals surface area contributed by atoms with Gasteiger partial charge < -0.3 is 4.74 Å². The number of hydrogen-bond donors (Lipinski definition) is 0. The first kappa shape index (κ1) is 11.4. The van der Waals surface area contributed by atoms with E-state index in [0.717, 1.165) is 16.3 Å². The molecule has 0 aromatic carbocycles. The van der Waals surface area contributed by atoms with Crippen LogP contribution in [0.5, 0.6) is 0 Å². The van der Waals surface area contributed by atoms with Gasteiger partial charge in [0.1, 0.15) is 11.5 Å². The second-order valence-corrected chi connectivity index (χ2v) is 4.06. The lowest BCUT2D eigenvalue weighted by Gasteiger charge is -2.07. The van der Waals surface area contributed by atoms with Crippen LogP contribution in [0.4, 0.5) is 0 Å². The molecular formula is C15H11N3O. The number of fused-ring (bicyclic) bond motifs is 1. The van der Waals surface area contributed by atoms with E-state index >= 15 is 0 Å². The van der Waals surface area contributed by atoms with Crippen molar-refractivity contribution in [1.29, 1.82) is 0 Å². The van der Waals surface area contributed by atoms with Gasteiger partial charge in [0.15, 0.2) is 0 Å². The van der Waals surface area contributed by atoms with E-state index in [1.807, 2.05) is 6.08 Å². The van der Waals surface area contributed by atoms with Crippen LogP contribution in [0.15, 0.2) is 59.1 Å². The molecule has 19 heavy (non-hydrogen) atoms. The number of hydrogen-bond acceptors (Lipinski definition) is 4. The molecule has 0 saturated heterocycles. The van der Waals surface area contributed by atoms with Crippen molar-refractivity contribution in [1.82, 2.24) is 9.97 Å². The largest absolute Gasteiger partial charge is 0.457 e. The standard InChI is InChI=1S/C15H11N3O/c1-11-9-14-13(17-7-8-18-14)5-4-12-10-16-6-2-3-15(12)19-11/h3,5-10H,1,4H2/b13-5+,14-9+. The van der Waals surface area contributed by atoms with Crippen molar-refractivity contribution in [3.8, 4) is 0 Å². The van der Waals surface area contributed by atoms with Gasteiger partial charge in [-0.15, -0.1) is 0 Å². The van der Waals surface area contributed by atoms with Crippen molar-refractivity contribution in [2.45, 2.75) is 6.42 Å². The Labute approximate surface area is 110 Å². The molecule has 0 fully saturated rings. The molecule has 0 atom stereocenters. The fourth-order valence-electron chi connectivity index (χ4n) is 1.85. The van der Waals surface area contributed by atoms with E-state index in [9.17, 15) is 0 Å². The molecule has 0 N–H and O–H groups in total. The van der Waals surface area contributed by atoms with E-state index in [2.05, 4.69) is 27.3 Å². The summed E-state index contributed by atoms with van der Waals surface area (Å²) in [5.41, 5.74) is 3.88. The fraction of sp³-hybridized carbons (Fsp3) is 0.0667. The van der Waals surface area contributed by atoms with Gasteiger partial charge in [-0.05, 0) is 6.42 Å². The first-order valence-electron chi connectivity index (χ1n) is 5.86. The van der Waals surface area contributed by atoms with Gasteiger partial charge in [0.25, 0.3) is 0 Å². The lowest BCUT2D eigenvalue weighted by Crippen LogP contribution is -2.30. The zero-order chi connectivity index (χ0) is 13.1. The van der Waals surface area contributed by atoms with Crippen LogP contribution in [0.3, 0.4) is 0 Å². The molecule has 0 radical (unpaired) electrons. The van der Waals surface area contributed by atoms with Gasteiger partial charge in [0.05, 0.1) is 16.9 Å². The number of rotatable bonds is 0. The van der Waals surface area contributed by atoms with Crippen LogP contribution < -0.4 is 10.7 Å². The maximum atomic E-state index is 5.72. The first-order valence-corrected chi connectivity index (χ1v) is 5.86. The molecule has 2 aliphatic rings. The highest BCUT2D eigenvalue weighted by Crippen LogP contribution is 2.16. The molecule has 1 aromatic rings. The Balaban J connectivity index is 2.18. The topological polar surface area (TPSA) is 47.4 Å². The Morgan fingerprint density at radius 1 is 1.21 bits per heavy atom. The number of ether oxygens (including phenoxy) is 1. The van der Waals surface area contributed by atoms with Crippen molar-refractivity contribution in [2.24, 2.45) is 4.99 Å². The molecule has 3 heterocycles. The van der Waals surface area contributed by atoms with Crippen molar-refractivity contribution < 1.29 is 4.74 Å². The third-order valence-electron chi connectivity index (χ3n) is 2.72. The molecule has 4 nitrogen and oxygen atoms in total. The smallest absolute Gasteiger partial charge is 0.140 e. The fourth-order valence-corrected chi connectivity index (χ4v) is 1.85. The van der Waals surface area contributed by atoms with Gasteiger partial charge in [0.2, 0.25) is 0 Å². The molecule has 0 spiro atoms. The molecule has 0 unspecified atom stereocenters. The van der Waals surface area contributed by atoms with Crippen LogP contribution in [-0.2, 0) is 4.74 Å². The predicted molar refractivity (Wildman–Crippen MR) is 73.2 cm³/mol. The van der Waals surface area contributed by atoms with Crippen LogP contribution in [0.25, 0.3) is 12.2 Å². The van der Waals surface area contributed by atoms with Gasteiger partial charge >= 0.3 is 0 Å². The molecule has 3 rings (SSSR count). The van der Waals surface area contributed by atoms with E-state index < -0.39 is 0 Å². The number of aromatic nitrogens is 2. The Hall–Kier alpha value is -2.71. The summed E-state index contributed by atoms with van der Waals surface area (Å²) >= 11 is 0. The highest BCUT2D eigenvalue weighted by atomic mass is 16.5. The van der Waals surface area contributed by atoms with Gasteiger partial charge in [-0.1, -0.05) is 18.4 Å². The monoisotopic (exact) mass is 249 g/mol. The van der Waals surface area contributed by atoms with E-state index in [0.29, 0.717) is 17.9 Å². The normalized spacial score (nSPS) is 20.5. The number of allylic oxidation sites excluding steroid dienone is 3. The Morgan fingerprint density at radius 3 is 2.95 bits per heavy atom. The Bertz CT molecular complexity index is 778. The summed E-state index contributed by atoms with van der Waals surface area (Å²) in [6, 6.07) is 0. The summed E-state index contributed by atoms with van der Waals surface area (Å²) in [7, 11) is 0. The summed E-state index contributed by atoms with van der Waals surface area (Å²) in [5.74, 6) is 1.21. The summed E-state index contributed by atoms with van der Waals surface area (Å²) in [6.45, 7) is 3.88. The zero-order valence-corrected chi connectivity index (χ0v) is 10.2. The highest BCUT2D eigenvalue weighted by Gasteiger charge is 2.07. The number of nitrogens with zero attached hydrogens (tertiary/aromatic N) is 3. The third kappa shape index (κ3) is 2.44. The molecule has 0 saturated carbocycles. The van der Waals surface area contributed by atoms with Crippen molar-refractivity contribution in [3.63, 3.8) is 0 Å². The highest BCUT2D eigenvalue weighted by molar-refractivity contribution is 5.82. The lowest BCUT2D eigenvalue weighted by atomic mass is 10.1. The van der Waals surface area contributed by atoms with Gasteiger partial charge in [-0.2, -0.15) is 0 Å². The minimum Gasteiger partial charge on any atom is -0.457 e. The van der Waals surface area contributed by atoms with Gasteiger partial charge in [-0.3, -0.25) is 15.0 Å². The maximum absolute atomic E-state index is 5.72. The van der Waals surface area contributed by atoms with Crippen LogP contribution >= 0.6 is 0 Å². The molecule has 0 bridgehead atoms. The lowest BCUT2D eigenvalue weighted by molar-refractivity contribution is 0.342. The third-order valence-corrected chi connectivity index (χ3v) is 2.72. The van der Waals surface area contributed by atoms with Gasteiger partial charge in [-0.25, -0.2) is 0 Å². The van der Waals surface area contributed by atoms with Crippen LogP contribution in [-0.4, -0.2) is 16.2 Å². The second kappa shape index (κ2) is 4.88. The Kier molecular flexibility index (Phi) is 2.93. The van der Waals surface area contributed by atoms with E-state index in [4.69, 9.17) is 4.74 Å². The van der Waals surface area contributed by atoms with Crippen LogP contribution in [0.2, 0.25) is 0 Å². The van der Waals surface area contributed by atoms with E-state index in [-0.39, 0.29) is 0 Å². The molecule has 0 aliphatic carbocycles. The summed E-state index contributed by atoms with van der Waals surface area (Å²) in [4.78, 5) is 12.7. The second-order valence-electron chi connectivity index (χ2n) is 4.06. The van der Waals surface area contributed by atoms with Crippen LogP contribution in [0, 0.1) is 0 Å². The van der Waals surface area contributed by atoms with Crippen LogP contribution in [0.1, 0.15) is 6.42 Å². The summed E-state index contributed by atoms with van der Waals surface area (Å²) in [6.07, 6.45) is 12.9. The molecule has 1 aromatic heterocycles. The summed E-state index contributed by atoms with van der Waals surface area (Å²) in [5, 5.41) is 1.57. The van der Waals surface area contributed by atoms with Gasteiger partial charge in [0, 0.05) is 36.3 Å². The minimum absolute atomic E-state index is 0.512. The van der Waals surface area contributed by atoms with Crippen molar-refractivity contribution in [3.05, 3.63) is 64.8 Å². The van der Waals surface area contributed by atoms with E-state index in [1.54, 1.807) is 37.0 Å². The molecule has 2 aliphatic heterocycles. The zero-order valence-electron chi connectivity index (χ0n) is 10.2. The maximum Gasteiger partial charge on any atom is 0.140 e. The van der Waals surface area contributed by atoms with Crippen molar-refractivity contribution >= 4 is 18.4 Å². The number of aliphatic imine (C=N–C) groups is 1. The molecular weight excluding hydrogens is 238 g/mol. The summed E-state index contributed by atoms with van der Waals surface area (Å²) < 4.78 is 5.72. The average Bonchev–Trinajstić information content (AvgIpc) is 2.59. The minimum atomic E-state index is 0.512. The molecule has 92 valence electrons. The molecule has 0 amide bonds. The van der Waals surface area contributed by atoms with E-state index in [1.165, 1.54) is 0 Å². The van der Waals surface area contributed by atoms with Crippen molar-refractivity contribution in [2.75, 3.05) is 0 Å². The Morgan fingerprint density at radius 2 is 2.05 bits per heavy atom. The average molecular weight is 249 g/mol. The predicted octanol–water partition coefficient (Wildman–Crippen LogP) is 0.979.